The van der Waals surface area contributed by atoms with Crippen molar-refractivity contribution in [2.75, 3.05) is 0 Å². The molecule has 0 bridgehead atoms. The van der Waals surface area contributed by atoms with Gasteiger partial charge < -0.3 is 0 Å². The van der Waals surface area contributed by atoms with Gasteiger partial charge >= 0.3 is 0 Å². The van der Waals surface area contributed by atoms with Gasteiger partial charge in [0.25, 0.3) is 0 Å². The Kier molecular flexibility index (Phi) is 2.58. The van der Waals surface area contributed by atoms with E-state index >= 15 is 0 Å². The number of carbonyl (C=O) groups excluding carboxylic acids is 1. The second kappa shape index (κ2) is 4.21. The van der Waals surface area contributed by atoms with Crippen LogP contribution in [0.15, 0.2) is 41.9 Å². The van der Waals surface area contributed by atoms with E-state index in [1.807, 2.05) is 0 Å². The average molecular weight is 198 g/mol. The fourth-order valence-corrected chi connectivity index (χ4v) is 1.13. The maximum atomic E-state index is 10.0. The van der Waals surface area contributed by atoms with Gasteiger partial charge in [-0.05, 0) is 24.3 Å². The van der Waals surface area contributed by atoms with Crippen LogP contribution in [-0.2, 0) is 4.79 Å². The zero-order valence-corrected chi connectivity index (χ0v) is 7.66. The van der Waals surface area contributed by atoms with Crippen LogP contribution in [-0.4, -0.2) is 21.0 Å². The van der Waals surface area contributed by atoms with E-state index in [0.717, 1.165) is 5.56 Å². The van der Waals surface area contributed by atoms with Crippen LogP contribution < -0.4 is 0 Å². The summed E-state index contributed by atoms with van der Waals surface area (Å²) >= 11 is 0. The van der Waals surface area contributed by atoms with Crippen LogP contribution in [0.5, 0.6) is 0 Å². The number of nitrogens with zero attached hydrogens (tertiary/aromatic N) is 4. The van der Waals surface area contributed by atoms with E-state index in [9.17, 15) is 4.79 Å². The van der Waals surface area contributed by atoms with Gasteiger partial charge in [-0.25, -0.2) is 19.7 Å². The topological polar surface area (TPSA) is 68.1 Å². The Balaban J connectivity index is 2.36. The molecule has 5 nitrogen and oxygen atoms in total. The lowest BCUT2D eigenvalue weighted by Crippen LogP contribution is -1.87. The Morgan fingerprint density at radius 3 is 2.33 bits per heavy atom. The summed E-state index contributed by atoms with van der Waals surface area (Å²) in [7, 11) is 0. The van der Waals surface area contributed by atoms with Gasteiger partial charge in [-0.1, -0.05) is 0 Å². The summed E-state index contributed by atoms with van der Waals surface area (Å²) in [6, 6.07) is 6.96. The molecule has 1 aromatic heterocycles. The summed E-state index contributed by atoms with van der Waals surface area (Å²) in [6.45, 7) is 0. The zero-order valence-electron chi connectivity index (χ0n) is 7.66. The summed E-state index contributed by atoms with van der Waals surface area (Å²) < 4.78 is 0. The molecule has 0 spiro atoms. The first-order chi connectivity index (χ1) is 7.40. The zero-order chi connectivity index (χ0) is 10.5. The molecule has 0 saturated heterocycles. The summed E-state index contributed by atoms with van der Waals surface area (Å²) in [5.41, 5.74) is 1.41. The van der Waals surface area contributed by atoms with Crippen LogP contribution in [0.1, 0.15) is 0 Å². The largest absolute Gasteiger partial charge is 0.240 e. The summed E-state index contributed by atoms with van der Waals surface area (Å²) in [5, 5.41) is 0. The van der Waals surface area contributed by atoms with Gasteiger partial charge in [-0.2, -0.15) is 4.99 Å². The van der Waals surface area contributed by atoms with Crippen molar-refractivity contribution in [1.82, 2.24) is 15.0 Å². The molecule has 2 aromatic rings. The van der Waals surface area contributed by atoms with E-state index < -0.39 is 0 Å². The minimum Gasteiger partial charge on any atom is -0.225 e. The van der Waals surface area contributed by atoms with Crippen LogP contribution in [0.3, 0.4) is 0 Å². The Morgan fingerprint density at radius 1 is 1.07 bits per heavy atom. The maximum absolute atomic E-state index is 10.0. The van der Waals surface area contributed by atoms with Crippen molar-refractivity contribution in [3.8, 4) is 11.4 Å². The first-order valence-electron chi connectivity index (χ1n) is 4.20. The number of isocyanates is 1. The average Bonchev–Trinajstić information content (AvgIpc) is 2.32. The number of hydrogen-bond acceptors (Lipinski definition) is 5. The van der Waals surface area contributed by atoms with E-state index in [2.05, 4.69) is 19.9 Å². The standard InChI is InChI=1S/C10H6N4O/c15-7-14-9-3-1-8(2-4-9)10-12-5-11-6-13-10/h1-6H. The molecule has 15 heavy (non-hydrogen) atoms. The molecule has 1 aromatic carbocycles. The summed E-state index contributed by atoms with van der Waals surface area (Å²) in [5.74, 6) is 0.589. The number of aliphatic imine (C=N–C) groups is 1. The molecular formula is C10H6N4O. The van der Waals surface area contributed by atoms with E-state index in [0.29, 0.717) is 11.5 Å². The fraction of sp³-hybridized carbons (Fsp3) is 0. The molecule has 0 aliphatic heterocycles. The lowest BCUT2D eigenvalue weighted by atomic mass is 10.2. The Hall–Kier alpha value is -2.39. The Bertz CT molecular complexity index is 489. The van der Waals surface area contributed by atoms with Crippen LogP contribution in [0, 0.1) is 0 Å². The molecule has 0 atom stereocenters. The van der Waals surface area contributed by atoms with Crippen molar-refractivity contribution in [2.45, 2.75) is 0 Å². The Morgan fingerprint density at radius 2 is 1.73 bits per heavy atom. The highest BCUT2D eigenvalue weighted by atomic mass is 16.1. The van der Waals surface area contributed by atoms with E-state index in [-0.39, 0.29) is 0 Å². The van der Waals surface area contributed by atoms with Crippen LogP contribution >= 0.6 is 0 Å². The smallest absolute Gasteiger partial charge is 0.225 e. The molecule has 0 radical (unpaired) electrons. The molecule has 0 aliphatic rings. The van der Waals surface area contributed by atoms with E-state index in [1.54, 1.807) is 24.3 Å². The number of rotatable bonds is 2. The van der Waals surface area contributed by atoms with Crippen molar-refractivity contribution >= 4 is 11.8 Å². The molecule has 5 heteroatoms. The minimum atomic E-state index is 0.558. The summed E-state index contributed by atoms with van der Waals surface area (Å²) in [4.78, 5) is 25.2. The van der Waals surface area contributed by atoms with Crippen molar-refractivity contribution < 1.29 is 4.79 Å². The molecule has 0 amide bonds. The Labute approximate surface area is 85.6 Å². The monoisotopic (exact) mass is 198 g/mol. The molecule has 0 N–H and O–H groups in total. The van der Waals surface area contributed by atoms with Gasteiger partial charge in [0.1, 0.15) is 12.7 Å². The van der Waals surface area contributed by atoms with Gasteiger partial charge in [-0.15, -0.1) is 0 Å². The molecule has 72 valence electrons. The minimum absolute atomic E-state index is 0.558. The fourth-order valence-electron chi connectivity index (χ4n) is 1.13. The number of hydrogen-bond donors (Lipinski definition) is 0. The molecule has 0 saturated carbocycles. The highest BCUT2D eigenvalue weighted by molar-refractivity contribution is 5.59. The van der Waals surface area contributed by atoms with Crippen molar-refractivity contribution in [3.05, 3.63) is 36.9 Å². The van der Waals surface area contributed by atoms with Crippen molar-refractivity contribution in [1.29, 1.82) is 0 Å². The maximum Gasteiger partial charge on any atom is 0.240 e. The first-order valence-corrected chi connectivity index (χ1v) is 4.20. The van der Waals surface area contributed by atoms with Crippen LogP contribution in [0.2, 0.25) is 0 Å². The third-order valence-electron chi connectivity index (χ3n) is 1.79. The second-order valence-corrected chi connectivity index (χ2v) is 2.71. The molecular weight excluding hydrogens is 192 g/mol. The molecule has 0 fully saturated rings. The van der Waals surface area contributed by atoms with Crippen LogP contribution in [0.4, 0.5) is 5.69 Å². The highest BCUT2D eigenvalue weighted by Crippen LogP contribution is 2.18. The number of aromatic nitrogens is 3. The molecule has 0 unspecified atom stereocenters. The normalized spacial score (nSPS) is 9.33. The number of benzene rings is 1. The first kappa shape index (κ1) is 9.18. The quantitative estimate of drug-likeness (QED) is 0.541. The predicted molar refractivity (Wildman–Crippen MR) is 53.0 cm³/mol. The van der Waals surface area contributed by atoms with E-state index in [4.69, 9.17) is 0 Å². The van der Waals surface area contributed by atoms with Crippen molar-refractivity contribution in [3.63, 3.8) is 0 Å². The molecule has 1 heterocycles. The van der Waals surface area contributed by atoms with Gasteiger partial charge in [-0.3, -0.25) is 0 Å². The second-order valence-electron chi connectivity index (χ2n) is 2.71. The summed E-state index contributed by atoms with van der Waals surface area (Å²) in [6.07, 6.45) is 4.34. The lowest BCUT2D eigenvalue weighted by molar-refractivity contribution is 0.565. The van der Waals surface area contributed by atoms with Gasteiger partial charge in [0.15, 0.2) is 5.82 Å². The van der Waals surface area contributed by atoms with Gasteiger partial charge in [0.2, 0.25) is 6.08 Å². The third-order valence-corrected chi connectivity index (χ3v) is 1.79. The van der Waals surface area contributed by atoms with E-state index in [1.165, 1.54) is 18.7 Å². The predicted octanol–water partition coefficient (Wildman–Crippen LogP) is 1.51. The van der Waals surface area contributed by atoms with Gasteiger partial charge in [0.05, 0.1) is 5.69 Å². The molecule has 2 rings (SSSR count). The molecule has 0 aliphatic carbocycles. The SMILES string of the molecule is O=C=Nc1ccc(-c2ncncn2)cc1. The lowest BCUT2D eigenvalue weighted by Gasteiger charge is -1.97. The highest BCUT2D eigenvalue weighted by Gasteiger charge is 1.99. The third kappa shape index (κ3) is 2.10. The van der Waals surface area contributed by atoms with Crippen LogP contribution in [0.25, 0.3) is 11.4 Å². The van der Waals surface area contributed by atoms with Crippen molar-refractivity contribution in [2.24, 2.45) is 4.99 Å². The van der Waals surface area contributed by atoms with Gasteiger partial charge in [0, 0.05) is 5.56 Å².